The normalized spacial score (nSPS) is 17.5. The average molecular weight is 392 g/mol. The maximum Gasteiger partial charge on any atom is 0.494 e. The monoisotopic (exact) mass is 392 g/mol. The number of benzene rings is 2. The molecule has 2 aromatic carbocycles. The Morgan fingerprint density at radius 3 is 2.28 bits per heavy atom. The number of nitrogens with one attached hydrogen (secondary N) is 1. The molecule has 0 unspecified atom stereocenters. The molecule has 1 aromatic heterocycles. The summed E-state index contributed by atoms with van der Waals surface area (Å²) in [5.74, 6) is -0.322. The third-order valence-corrected chi connectivity index (χ3v) is 5.62. The average Bonchev–Trinajstić information content (AvgIpc) is 2.89. The molecule has 1 fully saturated rings. The van der Waals surface area contributed by atoms with E-state index in [2.05, 4.69) is 10.3 Å². The van der Waals surface area contributed by atoms with Crippen LogP contribution in [0.3, 0.4) is 0 Å². The summed E-state index contributed by atoms with van der Waals surface area (Å²) in [6, 6.07) is 13.1. The minimum absolute atomic E-state index is 0.348. The van der Waals surface area contributed by atoms with Crippen molar-refractivity contribution in [1.29, 1.82) is 0 Å². The highest BCUT2D eigenvalue weighted by molar-refractivity contribution is 6.62. The van der Waals surface area contributed by atoms with Gasteiger partial charge in [0.25, 0.3) is 5.91 Å². The van der Waals surface area contributed by atoms with Crippen LogP contribution in [0.4, 0.5) is 10.2 Å². The molecule has 1 N–H and O–H groups in total. The predicted octanol–water partition coefficient (Wildman–Crippen LogP) is 3.93. The number of carbonyl (C=O) groups excluding carboxylic acids is 1. The molecule has 0 spiro atoms. The van der Waals surface area contributed by atoms with Gasteiger partial charge in [0, 0.05) is 17.1 Å². The number of rotatable bonds is 3. The second-order valence-electron chi connectivity index (χ2n) is 8.23. The molecule has 4 rings (SSSR count). The summed E-state index contributed by atoms with van der Waals surface area (Å²) in [5, 5.41) is 4.59. The second kappa shape index (κ2) is 6.93. The lowest BCUT2D eigenvalue weighted by Crippen LogP contribution is -2.41. The first-order valence-electron chi connectivity index (χ1n) is 9.47. The quantitative estimate of drug-likeness (QED) is 0.687. The summed E-state index contributed by atoms with van der Waals surface area (Å²) in [5.41, 5.74) is 0.427. The van der Waals surface area contributed by atoms with Gasteiger partial charge in [-0.2, -0.15) is 0 Å². The molecule has 3 aromatic rings. The number of hydrogen-bond donors (Lipinski definition) is 1. The molecule has 29 heavy (non-hydrogen) atoms. The van der Waals surface area contributed by atoms with Crippen LogP contribution in [-0.2, 0) is 9.31 Å². The van der Waals surface area contributed by atoms with Crippen molar-refractivity contribution in [2.24, 2.45) is 0 Å². The molecule has 0 atom stereocenters. The molecule has 0 aliphatic carbocycles. The van der Waals surface area contributed by atoms with E-state index in [-0.39, 0.29) is 11.7 Å². The topological polar surface area (TPSA) is 60.5 Å². The fourth-order valence-electron chi connectivity index (χ4n) is 3.14. The number of nitrogens with zero attached hydrogens (tertiary/aromatic N) is 1. The standard InChI is InChI=1S/C22H22BFN2O3/c1-21(2)22(3,4)29-23(28-21)17-8-5-15-13-25-19(12-16(15)11-17)26-20(27)14-6-9-18(24)10-7-14/h5-13H,1-4H3,(H,25,26,27). The van der Waals surface area contributed by atoms with E-state index < -0.39 is 18.3 Å². The maximum absolute atomic E-state index is 13.0. The van der Waals surface area contributed by atoms with Crippen LogP contribution in [0.1, 0.15) is 38.1 Å². The first kappa shape index (κ1) is 19.5. The van der Waals surface area contributed by atoms with E-state index in [1.165, 1.54) is 24.3 Å². The van der Waals surface area contributed by atoms with Gasteiger partial charge in [-0.25, -0.2) is 9.37 Å². The Labute approximate surface area is 169 Å². The van der Waals surface area contributed by atoms with Gasteiger partial charge in [-0.3, -0.25) is 4.79 Å². The molecular weight excluding hydrogens is 370 g/mol. The summed E-state index contributed by atoms with van der Waals surface area (Å²) in [7, 11) is -0.463. The first-order valence-corrected chi connectivity index (χ1v) is 9.47. The van der Waals surface area contributed by atoms with Crippen LogP contribution in [0.2, 0.25) is 0 Å². The fourth-order valence-corrected chi connectivity index (χ4v) is 3.14. The number of fused-ring (bicyclic) bond motifs is 1. The second-order valence-corrected chi connectivity index (χ2v) is 8.23. The molecule has 1 amide bonds. The largest absolute Gasteiger partial charge is 0.494 e. The minimum Gasteiger partial charge on any atom is -0.399 e. The SMILES string of the molecule is CC1(C)OB(c2ccc3cnc(NC(=O)c4ccc(F)cc4)cc3c2)OC1(C)C. The molecule has 1 aliphatic rings. The molecule has 148 valence electrons. The lowest BCUT2D eigenvalue weighted by Gasteiger charge is -2.32. The summed E-state index contributed by atoms with van der Waals surface area (Å²) in [4.78, 5) is 16.7. The lowest BCUT2D eigenvalue weighted by atomic mass is 9.78. The van der Waals surface area contributed by atoms with Gasteiger partial charge in [0.05, 0.1) is 11.2 Å². The van der Waals surface area contributed by atoms with E-state index in [1.54, 1.807) is 12.3 Å². The Morgan fingerprint density at radius 1 is 0.966 bits per heavy atom. The molecule has 5 nitrogen and oxygen atoms in total. The lowest BCUT2D eigenvalue weighted by molar-refractivity contribution is 0.00578. The molecule has 1 saturated heterocycles. The molecule has 7 heteroatoms. The van der Waals surface area contributed by atoms with Crippen molar-refractivity contribution < 1.29 is 18.5 Å². The summed E-state index contributed by atoms with van der Waals surface area (Å²) < 4.78 is 25.3. The van der Waals surface area contributed by atoms with E-state index in [1.807, 2.05) is 45.9 Å². The third kappa shape index (κ3) is 3.75. The Balaban J connectivity index is 1.59. The van der Waals surface area contributed by atoms with E-state index in [9.17, 15) is 9.18 Å². The molecular formula is C22H22BFN2O3. The third-order valence-electron chi connectivity index (χ3n) is 5.62. The summed E-state index contributed by atoms with van der Waals surface area (Å²) in [6.45, 7) is 8.06. The highest BCUT2D eigenvalue weighted by Gasteiger charge is 2.51. The summed E-state index contributed by atoms with van der Waals surface area (Å²) in [6.07, 6.45) is 1.70. The van der Waals surface area contributed by atoms with Gasteiger partial charge in [-0.15, -0.1) is 0 Å². The van der Waals surface area contributed by atoms with Gasteiger partial charge in [-0.1, -0.05) is 18.2 Å². The van der Waals surface area contributed by atoms with Crippen molar-refractivity contribution in [3.63, 3.8) is 0 Å². The van der Waals surface area contributed by atoms with Gasteiger partial charge in [0.2, 0.25) is 0 Å². The predicted molar refractivity (Wildman–Crippen MR) is 112 cm³/mol. The zero-order valence-corrected chi connectivity index (χ0v) is 16.8. The number of aromatic nitrogens is 1. The van der Waals surface area contributed by atoms with Crippen LogP contribution < -0.4 is 10.8 Å². The zero-order valence-electron chi connectivity index (χ0n) is 16.8. The molecule has 0 radical (unpaired) electrons. The first-order chi connectivity index (χ1) is 13.6. The van der Waals surface area contributed by atoms with Crippen LogP contribution in [0.15, 0.2) is 54.7 Å². The van der Waals surface area contributed by atoms with Crippen LogP contribution in [0.25, 0.3) is 10.8 Å². The maximum atomic E-state index is 13.0. The fraction of sp³-hybridized carbons (Fsp3) is 0.273. The number of pyridine rings is 1. The minimum atomic E-state index is -0.463. The Bertz CT molecular complexity index is 1070. The van der Waals surface area contributed by atoms with E-state index in [0.717, 1.165) is 16.2 Å². The summed E-state index contributed by atoms with van der Waals surface area (Å²) >= 11 is 0. The van der Waals surface area contributed by atoms with Gasteiger partial charge in [0.15, 0.2) is 0 Å². The number of halogens is 1. The van der Waals surface area contributed by atoms with Gasteiger partial charge >= 0.3 is 7.12 Å². The van der Waals surface area contributed by atoms with Gasteiger partial charge in [-0.05, 0) is 68.9 Å². The molecule has 0 saturated carbocycles. The van der Waals surface area contributed by atoms with Crippen molar-refractivity contribution in [1.82, 2.24) is 4.98 Å². The van der Waals surface area contributed by atoms with Crippen molar-refractivity contribution in [3.05, 3.63) is 66.1 Å². The van der Waals surface area contributed by atoms with Crippen LogP contribution in [0.5, 0.6) is 0 Å². The molecule has 1 aliphatic heterocycles. The van der Waals surface area contributed by atoms with Gasteiger partial charge in [0.1, 0.15) is 11.6 Å². The molecule has 2 heterocycles. The number of amides is 1. The van der Waals surface area contributed by atoms with Crippen molar-refractivity contribution >= 4 is 35.1 Å². The van der Waals surface area contributed by atoms with Crippen LogP contribution >= 0.6 is 0 Å². The van der Waals surface area contributed by atoms with Crippen LogP contribution in [-0.4, -0.2) is 29.2 Å². The van der Waals surface area contributed by atoms with Crippen molar-refractivity contribution in [2.75, 3.05) is 5.32 Å². The Hall–Kier alpha value is -2.77. The highest BCUT2D eigenvalue weighted by atomic mass is 19.1. The highest BCUT2D eigenvalue weighted by Crippen LogP contribution is 2.36. The number of carbonyl (C=O) groups is 1. The van der Waals surface area contributed by atoms with E-state index in [4.69, 9.17) is 9.31 Å². The van der Waals surface area contributed by atoms with E-state index in [0.29, 0.717) is 11.4 Å². The zero-order chi connectivity index (χ0) is 20.8. The smallest absolute Gasteiger partial charge is 0.399 e. The number of hydrogen-bond acceptors (Lipinski definition) is 4. The van der Waals surface area contributed by atoms with E-state index >= 15 is 0 Å². The van der Waals surface area contributed by atoms with Crippen LogP contribution in [0, 0.1) is 5.82 Å². The Kier molecular flexibility index (Phi) is 4.67. The van der Waals surface area contributed by atoms with Gasteiger partial charge < -0.3 is 14.6 Å². The number of anilines is 1. The molecule has 0 bridgehead atoms. The van der Waals surface area contributed by atoms with Crippen molar-refractivity contribution in [3.8, 4) is 0 Å². The Morgan fingerprint density at radius 2 is 1.62 bits per heavy atom. The van der Waals surface area contributed by atoms with Crippen molar-refractivity contribution in [2.45, 2.75) is 38.9 Å².